The van der Waals surface area contributed by atoms with Crippen molar-refractivity contribution in [3.8, 4) is 5.75 Å². The molecule has 0 heterocycles. The third kappa shape index (κ3) is 2.61. The van der Waals surface area contributed by atoms with Gasteiger partial charge in [0.05, 0.1) is 7.11 Å². The van der Waals surface area contributed by atoms with E-state index in [-0.39, 0.29) is 5.69 Å². The summed E-state index contributed by atoms with van der Waals surface area (Å²) in [5.74, 6) is -9.69. The lowest BCUT2D eigenvalue weighted by Crippen LogP contribution is -2.19. The van der Waals surface area contributed by atoms with E-state index in [1.54, 1.807) is 25.1 Å². The summed E-state index contributed by atoms with van der Waals surface area (Å²) >= 11 is 0. The minimum absolute atomic E-state index is 0.267. The topological polar surface area (TPSA) is 38.3 Å². The van der Waals surface area contributed by atoms with Gasteiger partial charge in [0.1, 0.15) is 5.56 Å². The third-order valence-corrected chi connectivity index (χ3v) is 3.05. The van der Waals surface area contributed by atoms with Gasteiger partial charge in [-0.25, -0.2) is 8.78 Å². The summed E-state index contributed by atoms with van der Waals surface area (Å²) < 4.78 is 59.1. The van der Waals surface area contributed by atoms with Crippen LogP contribution in [0.1, 0.15) is 15.9 Å². The van der Waals surface area contributed by atoms with E-state index in [0.717, 1.165) is 7.11 Å². The standard InChI is InChI=1S/C15H11F4NO2/c1-7-5-3-4-6-8(7)20-15(21)9-10(16)12(18)14(22-2)13(19)11(9)17/h3-6H,1-2H3,(H,20,21). The predicted octanol–water partition coefficient (Wildman–Crippen LogP) is 3.81. The molecule has 0 spiro atoms. The third-order valence-electron chi connectivity index (χ3n) is 3.05. The lowest BCUT2D eigenvalue weighted by molar-refractivity contribution is 0.101. The average molecular weight is 313 g/mol. The van der Waals surface area contributed by atoms with Crippen molar-refractivity contribution in [1.82, 2.24) is 0 Å². The molecule has 1 amide bonds. The van der Waals surface area contributed by atoms with Gasteiger partial charge in [-0.2, -0.15) is 8.78 Å². The zero-order valence-electron chi connectivity index (χ0n) is 11.6. The Hall–Kier alpha value is -2.57. The van der Waals surface area contributed by atoms with Gasteiger partial charge in [-0.15, -0.1) is 0 Å². The summed E-state index contributed by atoms with van der Waals surface area (Å²) in [5.41, 5.74) is -0.465. The number of carbonyl (C=O) groups is 1. The van der Waals surface area contributed by atoms with Crippen LogP contribution in [0.25, 0.3) is 0 Å². The van der Waals surface area contributed by atoms with Crippen LogP contribution in [0, 0.1) is 30.2 Å². The molecule has 22 heavy (non-hydrogen) atoms. The first kappa shape index (κ1) is 15.8. The van der Waals surface area contributed by atoms with Crippen LogP contribution >= 0.6 is 0 Å². The number of amides is 1. The molecule has 1 N–H and O–H groups in total. The van der Waals surface area contributed by atoms with Gasteiger partial charge in [-0.1, -0.05) is 18.2 Å². The maximum Gasteiger partial charge on any atom is 0.261 e. The number of hydrogen-bond acceptors (Lipinski definition) is 2. The second-order valence-electron chi connectivity index (χ2n) is 4.43. The van der Waals surface area contributed by atoms with E-state index in [0.29, 0.717) is 5.56 Å². The van der Waals surface area contributed by atoms with E-state index in [1.165, 1.54) is 6.07 Å². The molecular weight excluding hydrogens is 302 g/mol. The summed E-state index contributed by atoms with van der Waals surface area (Å²) in [6.07, 6.45) is 0. The summed E-state index contributed by atoms with van der Waals surface area (Å²) in [6.45, 7) is 1.65. The van der Waals surface area contributed by atoms with Gasteiger partial charge in [-0.05, 0) is 18.6 Å². The first-order valence-corrected chi connectivity index (χ1v) is 6.15. The fraction of sp³-hybridized carbons (Fsp3) is 0.133. The maximum absolute atomic E-state index is 13.8. The zero-order chi connectivity index (χ0) is 16.4. The van der Waals surface area contributed by atoms with Gasteiger partial charge in [0, 0.05) is 5.69 Å². The molecule has 3 nitrogen and oxygen atoms in total. The Kier molecular flexibility index (Phi) is 4.35. The van der Waals surface area contributed by atoms with Crippen LogP contribution in [0.3, 0.4) is 0 Å². The fourth-order valence-electron chi connectivity index (χ4n) is 1.89. The molecule has 116 valence electrons. The van der Waals surface area contributed by atoms with E-state index in [2.05, 4.69) is 10.1 Å². The molecule has 2 rings (SSSR count). The molecule has 0 bridgehead atoms. The van der Waals surface area contributed by atoms with Gasteiger partial charge in [-0.3, -0.25) is 4.79 Å². The lowest BCUT2D eigenvalue weighted by atomic mass is 10.1. The molecule has 0 unspecified atom stereocenters. The number of halogens is 4. The quantitative estimate of drug-likeness (QED) is 0.691. The highest BCUT2D eigenvalue weighted by Gasteiger charge is 2.30. The van der Waals surface area contributed by atoms with Crippen molar-refractivity contribution < 1.29 is 27.1 Å². The first-order valence-electron chi connectivity index (χ1n) is 6.15. The van der Waals surface area contributed by atoms with Crippen molar-refractivity contribution in [2.24, 2.45) is 0 Å². The predicted molar refractivity (Wildman–Crippen MR) is 72.0 cm³/mol. The van der Waals surface area contributed by atoms with E-state index in [1.807, 2.05) is 0 Å². The van der Waals surface area contributed by atoms with Crippen LogP contribution in [0.5, 0.6) is 5.75 Å². The van der Waals surface area contributed by atoms with Crippen molar-refractivity contribution in [2.75, 3.05) is 12.4 Å². The number of aryl methyl sites for hydroxylation is 1. The van der Waals surface area contributed by atoms with E-state index in [9.17, 15) is 22.4 Å². The molecule has 0 radical (unpaired) electrons. The number of rotatable bonds is 3. The first-order chi connectivity index (χ1) is 10.4. The largest absolute Gasteiger partial charge is 0.491 e. The molecule has 0 aliphatic rings. The summed E-state index contributed by atoms with van der Waals surface area (Å²) in [7, 11) is 0.855. The van der Waals surface area contributed by atoms with Crippen LogP contribution in [-0.4, -0.2) is 13.0 Å². The van der Waals surface area contributed by atoms with E-state index >= 15 is 0 Å². The van der Waals surface area contributed by atoms with Crippen molar-refractivity contribution in [2.45, 2.75) is 6.92 Å². The minimum Gasteiger partial charge on any atom is -0.491 e. The number of ether oxygens (including phenoxy) is 1. The Balaban J connectivity index is 2.49. The average Bonchev–Trinajstić information content (AvgIpc) is 2.48. The number of benzene rings is 2. The molecule has 2 aromatic rings. The lowest BCUT2D eigenvalue weighted by Gasteiger charge is -2.12. The molecule has 0 aliphatic carbocycles. The highest BCUT2D eigenvalue weighted by molar-refractivity contribution is 6.05. The molecule has 0 saturated heterocycles. The van der Waals surface area contributed by atoms with Crippen molar-refractivity contribution >= 4 is 11.6 Å². The Bertz CT molecular complexity index is 718. The fourth-order valence-corrected chi connectivity index (χ4v) is 1.89. The number of anilines is 1. The van der Waals surface area contributed by atoms with Crippen LogP contribution in [0.4, 0.5) is 23.2 Å². The van der Waals surface area contributed by atoms with Crippen LogP contribution < -0.4 is 10.1 Å². The molecule has 0 fully saturated rings. The molecule has 7 heteroatoms. The molecular formula is C15H11F4NO2. The monoisotopic (exact) mass is 313 g/mol. The van der Waals surface area contributed by atoms with Gasteiger partial charge in [0.25, 0.3) is 5.91 Å². The smallest absolute Gasteiger partial charge is 0.261 e. The number of nitrogens with one attached hydrogen (secondary N) is 1. The number of methoxy groups -OCH3 is 1. The van der Waals surface area contributed by atoms with Gasteiger partial charge in [0.2, 0.25) is 11.6 Å². The second-order valence-corrected chi connectivity index (χ2v) is 4.43. The van der Waals surface area contributed by atoms with Crippen LogP contribution in [0.15, 0.2) is 24.3 Å². The van der Waals surface area contributed by atoms with E-state index in [4.69, 9.17) is 0 Å². The molecule has 2 aromatic carbocycles. The van der Waals surface area contributed by atoms with Crippen LogP contribution in [0.2, 0.25) is 0 Å². The van der Waals surface area contributed by atoms with Gasteiger partial charge in [0.15, 0.2) is 17.4 Å². The molecule has 0 aromatic heterocycles. The second kappa shape index (κ2) is 6.05. The van der Waals surface area contributed by atoms with E-state index < -0.39 is 40.5 Å². The van der Waals surface area contributed by atoms with Crippen molar-refractivity contribution in [1.29, 1.82) is 0 Å². The SMILES string of the molecule is COc1c(F)c(F)c(C(=O)Nc2ccccc2C)c(F)c1F. The normalized spacial score (nSPS) is 10.5. The molecule has 0 saturated carbocycles. The number of carbonyl (C=O) groups excluding carboxylic acids is 1. The van der Waals surface area contributed by atoms with Crippen LogP contribution in [-0.2, 0) is 0 Å². The Morgan fingerprint density at radius 3 is 2.05 bits per heavy atom. The maximum atomic E-state index is 13.8. The number of para-hydroxylation sites is 1. The summed E-state index contributed by atoms with van der Waals surface area (Å²) in [5, 5.41) is 2.21. The highest BCUT2D eigenvalue weighted by atomic mass is 19.2. The Morgan fingerprint density at radius 2 is 1.55 bits per heavy atom. The molecule has 0 atom stereocenters. The van der Waals surface area contributed by atoms with Gasteiger partial charge >= 0.3 is 0 Å². The summed E-state index contributed by atoms with van der Waals surface area (Å²) in [4.78, 5) is 11.9. The Labute approximate surface area is 123 Å². The van der Waals surface area contributed by atoms with Crippen molar-refractivity contribution in [3.63, 3.8) is 0 Å². The van der Waals surface area contributed by atoms with Crippen molar-refractivity contribution in [3.05, 3.63) is 58.7 Å². The minimum atomic E-state index is -1.82. The van der Waals surface area contributed by atoms with Gasteiger partial charge < -0.3 is 10.1 Å². The highest BCUT2D eigenvalue weighted by Crippen LogP contribution is 2.30. The zero-order valence-corrected chi connectivity index (χ0v) is 11.6. The molecule has 0 aliphatic heterocycles. The summed E-state index contributed by atoms with van der Waals surface area (Å²) in [6, 6.07) is 6.42. The Morgan fingerprint density at radius 1 is 1.00 bits per heavy atom. The number of hydrogen-bond donors (Lipinski definition) is 1.